The van der Waals surface area contributed by atoms with Crippen LogP contribution in [0.5, 0.6) is 0 Å². The molecule has 3 nitrogen and oxygen atoms in total. The summed E-state index contributed by atoms with van der Waals surface area (Å²) in [6.45, 7) is 7.76. The van der Waals surface area contributed by atoms with Gasteiger partial charge in [-0.3, -0.25) is 0 Å². The third-order valence-electron chi connectivity index (χ3n) is 4.59. The van der Waals surface area contributed by atoms with Crippen LogP contribution in [0.1, 0.15) is 11.1 Å². The minimum atomic E-state index is 0.586. The molecule has 1 aliphatic heterocycles. The molecular weight excluding hydrogens is 373 g/mol. The lowest BCUT2D eigenvalue weighted by Gasteiger charge is -2.37. The van der Waals surface area contributed by atoms with Crippen LogP contribution in [0.3, 0.4) is 0 Å². The average molecular weight is 394 g/mol. The number of piperazine rings is 1. The van der Waals surface area contributed by atoms with Gasteiger partial charge in [0.2, 0.25) is 0 Å². The van der Waals surface area contributed by atoms with E-state index in [-0.39, 0.29) is 0 Å². The molecule has 0 radical (unpaired) electrons. The minimum Gasteiger partial charge on any atom is -0.368 e. The van der Waals surface area contributed by atoms with Gasteiger partial charge in [0.05, 0.1) is 10.0 Å². The molecule has 0 bridgehead atoms. The van der Waals surface area contributed by atoms with Crippen LogP contribution in [0.4, 0.5) is 11.4 Å². The molecule has 0 spiro atoms. The molecule has 0 atom stereocenters. The largest absolute Gasteiger partial charge is 0.368 e. The Kier molecular flexibility index (Phi) is 5.72. The van der Waals surface area contributed by atoms with Crippen LogP contribution in [0, 0.1) is 13.8 Å². The van der Waals surface area contributed by atoms with E-state index in [1.54, 1.807) is 0 Å². The molecule has 2 aromatic rings. The van der Waals surface area contributed by atoms with E-state index in [0.29, 0.717) is 10.0 Å². The highest BCUT2D eigenvalue weighted by molar-refractivity contribution is 7.80. The molecule has 0 saturated carbocycles. The minimum absolute atomic E-state index is 0.586. The van der Waals surface area contributed by atoms with Gasteiger partial charge in [0.25, 0.3) is 0 Å². The molecule has 0 aromatic heterocycles. The van der Waals surface area contributed by atoms with E-state index in [1.165, 1.54) is 11.1 Å². The van der Waals surface area contributed by atoms with Crippen molar-refractivity contribution in [1.29, 1.82) is 0 Å². The van der Waals surface area contributed by atoms with Gasteiger partial charge in [0.1, 0.15) is 0 Å². The van der Waals surface area contributed by atoms with Crippen molar-refractivity contribution in [1.82, 2.24) is 4.90 Å². The maximum atomic E-state index is 6.13. The molecule has 1 N–H and O–H groups in total. The van der Waals surface area contributed by atoms with E-state index >= 15 is 0 Å². The number of aryl methyl sites for hydroxylation is 2. The number of nitrogens with one attached hydrogen (secondary N) is 1. The van der Waals surface area contributed by atoms with Crippen molar-refractivity contribution in [3.8, 4) is 0 Å². The number of thiocarbonyl (C=S) groups is 1. The second-order valence-electron chi connectivity index (χ2n) is 6.30. The predicted molar refractivity (Wildman–Crippen MR) is 112 cm³/mol. The second-order valence-corrected chi connectivity index (χ2v) is 7.50. The lowest BCUT2D eigenvalue weighted by Crippen LogP contribution is -2.50. The van der Waals surface area contributed by atoms with Crippen LogP contribution in [0.15, 0.2) is 36.4 Å². The highest BCUT2D eigenvalue weighted by atomic mass is 35.5. The first-order chi connectivity index (χ1) is 11.9. The molecule has 3 rings (SSSR count). The molecule has 25 heavy (non-hydrogen) atoms. The SMILES string of the molecule is Cc1ccc(NC(=S)N2CCN(c3ccc(Cl)c(Cl)c3)CC2)cc1C. The van der Waals surface area contributed by atoms with Crippen LogP contribution in [-0.4, -0.2) is 36.2 Å². The zero-order valence-corrected chi connectivity index (χ0v) is 16.7. The second kappa shape index (κ2) is 7.81. The van der Waals surface area contributed by atoms with Gasteiger partial charge in [-0.25, -0.2) is 0 Å². The Bertz CT molecular complexity index is 786. The Morgan fingerprint density at radius 1 is 0.920 bits per heavy atom. The Labute approximate surface area is 164 Å². The summed E-state index contributed by atoms with van der Waals surface area (Å²) in [5.74, 6) is 0. The Hall–Kier alpha value is -1.49. The lowest BCUT2D eigenvalue weighted by molar-refractivity contribution is 0.391. The first-order valence-electron chi connectivity index (χ1n) is 8.27. The number of hydrogen-bond donors (Lipinski definition) is 1. The highest BCUT2D eigenvalue weighted by Crippen LogP contribution is 2.27. The normalized spacial score (nSPS) is 14.6. The van der Waals surface area contributed by atoms with Gasteiger partial charge in [0.15, 0.2) is 5.11 Å². The van der Waals surface area contributed by atoms with Crippen molar-refractivity contribution in [2.75, 3.05) is 36.4 Å². The zero-order valence-electron chi connectivity index (χ0n) is 14.4. The lowest BCUT2D eigenvalue weighted by atomic mass is 10.1. The van der Waals surface area contributed by atoms with Gasteiger partial charge in [-0.05, 0) is 67.5 Å². The monoisotopic (exact) mass is 393 g/mol. The summed E-state index contributed by atoms with van der Waals surface area (Å²) in [4.78, 5) is 4.51. The Morgan fingerprint density at radius 2 is 1.64 bits per heavy atom. The van der Waals surface area contributed by atoms with Gasteiger partial charge >= 0.3 is 0 Å². The molecule has 0 unspecified atom stereocenters. The van der Waals surface area contributed by atoms with Crippen molar-refractivity contribution >= 4 is 51.9 Å². The third kappa shape index (κ3) is 4.38. The molecular formula is C19H21Cl2N3S. The van der Waals surface area contributed by atoms with Crippen LogP contribution in [-0.2, 0) is 0 Å². The molecule has 1 fully saturated rings. The average Bonchev–Trinajstić information content (AvgIpc) is 2.61. The topological polar surface area (TPSA) is 18.5 Å². The molecule has 1 heterocycles. The van der Waals surface area contributed by atoms with Crippen molar-refractivity contribution in [2.24, 2.45) is 0 Å². The first kappa shape index (κ1) is 18.3. The van der Waals surface area contributed by atoms with Crippen LogP contribution >= 0.6 is 35.4 Å². The van der Waals surface area contributed by atoms with E-state index in [9.17, 15) is 0 Å². The van der Waals surface area contributed by atoms with Gasteiger partial charge in [-0.15, -0.1) is 0 Å². The van der Waals surface area contributed by atoms with E-state index < -0.39 is 0 Å². The molecule has 1 saturated heterocycles. The first-order valence-corrected chi connectivity index (χ1v) is 9.43. The molecule has 0 aliphatic carbocycles. The fourth-order valence-electron chi connectivity index (χ4n) is 2.87. The van der Waals surface area contributed by atoms with E-state index in [4.69, 9.17) is 35.4 Å². The molecule has 132 valence electrons. The molecule has 0 amide bonds. The number of anilines is 2. The maximum absolute atomic E-state index is 6.13. The summed E-state index contributed by atoms with van der Waals surface area (Å²) < 4.78 is 0. The van der Waals surface area contributed by atoms with Crippen molar-refractivity contribution < 1.29 is 0 Å². The maximum Gasteiger partial charge on any atom is 0.173 e. The van der Waals surface area contributed by atoms with Crippen LogP contribution in [0.25, 0.3) is 0 Å². The Balaban J connectivity index is 1.58. The van der Waals surface area contributed by atoms with E-state index in [2.05, 4.69) is 47.2 Å². The molecule has 2 aromatic carbocycles. The third-order valence-corrected chi connectivity index (χ3v) is 5.69. The summed E-state index contributed by atoms with van der Waals surface area (Å²) in [6.07, 6.45) is 0. The number of halogens is 2. The van der Waals surface area contributed by atoms with Crippen LogP contribution in [0.2, 0.25) is 10.0 Å². The summed E-state index contributed by atoms with van der Waals surface area (Å²) in [6, 6.07) is 12.1. The number of benzene rings is 2. The molecule has 1 aliphatic rings. The van der Waals surface area contributed by atoms with Crippen LogP contribution < -0.4 is 10.2 Å². The van der Waals surface area contributed by atoms with E-state index in [1.807, 2.05) is 18.2 Å². The summed E-state index contributed by atoms with van der Waals surface area (Å²) in [5, 5.41) is 5.30. The number of hydrogen-bond acceptors (Lipinski definition) is 2. The summed E-state index contributed by atoms with van der Waals surface area (Å²) >= 11 is 17.7. The smallest absolute Gasteiger partial charge is 0.173 e. The van der Waals surface area contributed by atoms with Gasteiger partial charge in [-0.1, -0.05) is 29.3 Å². The standard InChI is InChI=1S/C19H21Cl2N3S/c1-13-3-4-15(11-14(13)2)22-19(25)24-9-7-23(8-10-24)16-5-6-17(20)18(21)12-16/h3-6,11-12H,7-10H2,1-2H3,(H,22,25). The van der Waals surface area contributed by atoms with Crippen molar-refractivity contribution in [3.05, 3.63) is 57.6 Å². The fraction of sp³-hybridized carbons (Fsp3) is 0.316. The Morgan fingerprint density at radius 3 is 2.28 bits per heavy atom. The zero-order chi connectivity index (χ0) is 18.0. The summed E-state index contributed by atoms with van der Waals surface area (Å²) in [7, 11) is 0. The van der Waals surface area contributed by atoms with E-state index in [0.717, 1.165) is 42.7 Å². The van der Waals surface area contributed by atoms with Gasteiger partial charge in [0, 0.05) is 37.6 Å². The fourth-order valence-corrected chi connectivity index (χ4v) is 3.46. The molecule has 6 heteroatoms. The van der Waals surface area contributed by atoms with Crippen molar-refractivity contribution in [3.63, 3.8) is 0 Å². The predicted octanol–water partition coefficient (Wildman–Crippen LogP) is 5.13. The van der Waals surface area contributed by atoms with Gasteiger partial charge < -0.3 is 15.1 Å². The number of nitrogens with zero attached hydrogens (tertiary/aromatic N) is 2. The number of rotatable bonds is 2. The van der Waals surface area contributed by atoms with Gasteiger partial charge in [-0.2, -0.15) is 0 Å². The summed E-state index contributed by atoms with van der Waals surface area (Å²) in [5.41, 5.74) is 4.69. The highest BCUT2D eigenvalue weighted by Gasteiger charge is 2.19. The van der Waals surface area contributed by atoms with Crippen molar-refractivity contribution in [2.45, 2.75) is 13.8 Å². The quantitative estimate of drug-likeness (QED) is 0.712.